The third-order valence-electron chi connectivity index (χ3n) is 4.42. The standard InChI is InChI=1S/C16H22IN5O2S/c17-12-6-8-14(9-7-12)25(23,24)19-11-16-15(20-22-21-16)10-18-13-4-2-1-3-5-13/h6-9,13,18-19H,1-5,10-11H2,(H,20,21,22). The second kappa shape index (κ2) is 8.56. The molecule has 7 nitrogen and oxygen atoms in total. The van der Waals surface area contributed by atoms with E-state index in [9.17, 15) is 8.42 Å². The van der Waals surface area contributed by atoms with E-state index in [0.29, 0.717) is 18.3 Å². The molecule has 1 aliphatic carbocycles. The van der Waals surface area contributed by atoms with Gasteiger partial charge in [0, 0.05) is 16.2 Å². The van der Waals surface area contributed by atoms with Gasteiger partial charge in [-0.25, -0.2) is 13.1 Å². The summed E-state index contributed by atoms with van der Waals surface area (Å²) >= 11 is 2.14. The van der Waals surface area contributed by atoms with Gasteiger partial charge in [-0.1, -0.05) is 19.3 Å². The average molecular weight is 475 g/mol. The highest BCUT2D eigenvalue weighted by molar-refractivity contribution is 14.1. The molecule has 0 atom stereocenters. The Bertz CT molecular complexity index is 785. The van der Waals surface area contributed by atoms with E-state index in [1.165, 1.54) is 32.1 Å². The zero-order valence-electron chi connectivity index (χ0n) is 13.8. The topological polar surface area (TPSA) is 99.8 Å². The first-order valence-corrected chi connectivity index (χ1v) is 11.0. The molecule has 0 radical (unpaired) electrons. The Balaban J connectivity index is 1.58. The molecule has 1 aromatic heterocycles. The summed E-state index contributed by atoms with van der Waals surface area (Å²) in [5.74, 6) is 0. The molecule has 0 spiro atoms. The molecular weight excluding hydrogens is 453 g/mol. The molecule has 1 aromatic carbocycles. The van der Waals surface area contributed by atoms with Crippen molar-refractivity contribution in [3.05, 3.63) is 39.2 Å². The molecule has 3 rings (SSSR count). The molecule has 25 heavy (non-hydrogen) atoms. The van der Waals surface area contributed by atoms with Crippen LogP contribution in [0.25, 0.3) is 0 Å². The second-order valence-corrected chi connectivity index (χ2v) is 9.22. The van der Waals surface area contributed by atoms with Crippen LogP contribution >= 0.6 is 22.6 Å². The van der Waals surface area contributed by atoms with Gasteiger partial charge in [-0.2, -0.15) is 15.4 Å². The molecule has 9 heteroatoms. The fraction of sp³-hybridized carbons (Fsp3) is 0.500. The minimum Gasteiger partial charge on any atom is -0.308 e. The third-order valence-corrected chi connectivity index (χ3v) is 6.56. The van der Waals surface area contributed by atoms with Gasteiger partial charge in [0.1, 0.15) is 11.4 Å². The van der Waals surface area contributed by atoms with E-state index >= 15 is 0 Å². The first-order chi connectivity index (χ1) is 12.0. The number of sulfonamides is 1. The highest BCUT2D eigenvalue weighted by Gasteiger charge is 2.18. The van der Waals surface area contributed by atoms with Gasteiger partial charge in [0.25, 0.3) is 0 Å². The highest BCUT2D eigenvalue weighted by atomic mass is 127. The van der Waals surface area contributed by atoms with Gasteiger partial charge >= 0.3 is 0 Å². The van der Waals surface area contributed by atoms with Crippen molar-refractivity contribution < 1.29 is 8.42 Å². The third kappa shape index (κ3) is 5.22. The molecule has 136 valence electrons. The molecule has 1 heterocycles. The van der Waals surface area contributed by atoms with Gasteiger partial charge in [0.05, 0.1) is 11.4 Å². The van der Waals surface area contributed by atoms with Crippen LogP contribution in [0.2, 0.25) is 0 Å². The minimum absolute atomic E-state index is 0.118. The summed E-state index contributed by atoms with van der Waals surface area (Å²) in [4.78, 5) is 0.248. The number of H-pyrrole nitrogens is 1. The SMILES string of the molecule is O=S(=O)(NCc1n[nH]nc1CNC1CCCCC1)c1ccc(I)cc1. The molecule has 3 N–H and O–H groups in total. The normalized spacial score (nSPS) is 16.2. The lowest BCUT2D eigenvalue weighted by molar-refractivity contribution is 0.370. The number of hydrogen-bond acceptors (Lipinski definition) is 5. The number of hydrogen-bond donors (Lipinski definition) is 3. The number of halogens is 1. The average Bonchev–Trinajstić information content (AvgIpc) is 3.07. The Hall–Kier alpha value is -1.04. The number of nitrogens with one attached hydrogen (secondary N) is 3. The highest BCUT2D eigenvalue weighted by Crippen LogP contribution is 2.18. The van der Waals surface area contributed by atoms with Crippen molar-refractivity contribution in [1.82, 2.24) is 25.4 Å². The fourth-order valence-corrected chi connectivity index (χ4v) is 4.31. The monoisotopic (exact) mass is 475 g/mol. The van der Waals surface area contributed by atoms with Crippen molar-refractivity contribution in [3.8, 4) is 0 Å². The molecule has 0 unspecified atom stereocenters. The van der Waals surface area contributed by atoms with E-state index in [1.54, 1.807) is 24.3 Å². The lowest BCUT2D eigenvalue weighted by Crippen LogP contribution is -2.31. The molecular formula is C16H22IN5O2S. The van der Waals surface area contributed by atoms with Crippen molar-refractivity contribution in [2.45, 2.75) is 56.1 Å². The first kappa shape index (κ1) is 18.7. The summed E-state index contributed by atoms with van der Waals surface area (Å²) < 4.78 is 28.3. The van der Waals surface area contributed by atoms with Crippen molar-refractivity contribution in [2.24, 2.45) is 0 Å². The fourth-order valence-electron chi connectivity index (χ4n) is 2.97. The Morgan fingerprint density at radius 1 is 1.04 bits per heavy atom. The Morgan fingerprint density at radius 3 is 2.36 bits per heavy atom. The molecule has 1 aliphatic rings. The van der Waals surface area contributed by atoms with E-state index in [0.717, 1.165) is 9.26 Å². The van der Waals surface area contributed by atoms with E-state index in [1.807, 2.05) is 0 Å². The van der Waals surface area contributed by atoms with Crippen LogP contribution in [0.15, 0.2) is 29.2 Å². The summed E-state index contributed by atoms with van der Waals surface area (Å²) in [6, 6.07) is 7.24. The Labute approximate surface area is 161 Å². The first-order valence-electron chi connectivity index (χ1n) is 8.42. The van der Waals surface area contributed by atoms with Gasteiger partial charge in [-0.15, -0.1) is 0 Å². The number of benzene rings is 1. The molecule has 1 saturated carbocycles. The number of aromatic amines is 1. The van der Waals surface area contributed by atoms with Gasteiger partial charge in [-0.3, -0.25) is 0 Å². The van der Waals surface area contributed by atoms with Crippen LogP contribution in [-0.2, 0) is 23.1 Å². The van der Waals surface area contributed by atoms with Crippen molar-refractivity contribution in [2.75, 3.05) is 0 Å². The summed E-state index contributed by atoms with van der Waals surface area (Å²) in [5.41, 5.74) is 1.38. The van der Waals surface area contributed by atoms with Crippen LogP contribution in [0, 0.1) is 3.57 Å². The zero-order valence-corrected chi connectivity index (χ0v) is 16.8. The predicted octanol–water partition coefficient (Wildman–Crippen LogP) is 2.31. The van der Waals surface area contributed by atoms with Crippen molar-refractivity contribution in [1.29, 1.82) is 0 Å². The molecule has 1 fully saturated rings. The van der Waals surface area contributed by atoms with Crippen molar-refractivity contribution in [3.63, 3.8) is 0 Å². The van der Waals surface area contributed by atoms with Gasteiger partial charge < -0.3 is 5.32 Å². The molecule has 2 aromatic rings. The Kier molecular flexibility index (Phi) is 6.42. The predicted molar refractivity (Wildman–Crippen MR) is 103 cm³/mol. The van der Waals surface area contributed by atoms with Gasteiger partial charge in [-0.05, 0) is 59.7 Å². The molecule has 0 saturated heterocycles. The lowest BCUT2D eigenvalue weighted by atomic mass is 9.95. The second-order valence-electron chi connectivity index (χ2n) is 6.21. The molecule has 0 aliphatic heterocycles. The maximum absolute atomic E-state index is 12.4. The largest absolute Gasteiger partial charge is 0.308 e. The summed E-state index contributed by atoms with van der Waals surface area (Å²) in [7, 11) is -3.56. The zero-order chi connectivity index (χ0) is 17.7. The smallest absolute Gasteiger partial charge is 0.240 e. The van der Waals surface area contributed by atoms with Crippen LogP contribution in [-0.4, -0.2) is 29.9 Å². The van der Waals surface area contributed by atoms with Gasteiger partial charge in [0.2, 0.25) is 10.0 Å². The minimum atomic E-state index is -3.56. The van der Waals surface area contributed by atoms with E-state index in [4.69, 9.17) is 0 Å². The van der Waals surface area contributed by atoms with Crippen LogP contribution in [0.1, 0.15) is 43.5 Å². The number of aromatic nitrogens is 3. The van der Waals surface area contributed by atoms with E-state index < -0.39 is 10.0 Å². The maximum Gasteiger partial charge on any atom is 0.240 e. The summed E-state index contributed by atoms with van der Waals surface area (Å²) in [6.45, 7) is 0.717. The quantitative estimate of drug-likeness (QED) is 0.534. The van der Waals surface area contributed by atoms with Crippen LogP contribution in [0.3, 0.4) is 0 Å². The molecule has 0 amide bonds. The number of nitrogens with zero attached hydrogens (tertiary/aromatic N) is 2. The van der Waals surface area contributed by atoms with Crippen molar-refractivity contribution >= 4 is 32.6 Å². The van der Waals surface area contributed by atoms with E-state index in [2.05, 4.69) is 48.0 Å². The molecule has 0 bridgehead atoms. The maximum atomic E-state index is 12.4. The summed E-state index contributed by atoms with van der Waals surface area (Å²) in [6.07, 6.45) is 6.21. The van der Waals surface area contributed by atoms with Crippen LogP contribution in [0.5, 0.6) is 0 Å². The van der Waals surface area contributed by atoms with Gasteiger partial charge in [0.15, 0.2) is 0 Å². The Morgan fingerprint density at radius 2 is 1.68 bits per heavy atom. The van der Waals surface area contributed by atoms with Crippen LogP contribution in [0.4, 0.5) is 0 Å². The lowest BCUT2D eigenvalue weighted by Gasteiger charge is -2.22. The van der Waals surface area contributed by atoms with Crippen LogP contribution < -0.4 is 10.0 Å². The number of rotatable bonds is 7. The summed E-state index contributed by atoms with van der Waals surface area (Å²) in [5, 5.41) is 14.3. The van der Waals surface area contributed by atoms with E-state index in [-0.39, 0.29) is 11.4 Å².